The number of hydrogen-bond acceptors (Lipinski definition) is 4. The van der Waals surface area contributed by atoms with Gasteiger partial charge >= 0.3 is 0 Å². The second-order valence-electron chi connectivity index (χ2n) is 6.28. The standard InChI is InChI=1S/C18H21ClN2O3S2/c19-14-6-8-17(9-7-14)26(23,24)21-10-2-1-4-15(21)12-18(22)20-13-16-5-3-11-25-16/h3,5-9,11,15H,1-2,4,10,12-13H2,(H,20,22). The van der Waals surface area contributed by atoms with Crippen LogP contribution in [0.3, 0.4) is 0 Å². The van der Waals surface area contributed by atoms with Crippen molar-refractivity contribution in [2.75, 3.05) is 6.54 Å². The molecule has 0 saturated carbocycles. The fourth-order valence-corrected chi connectivity index (χ4v) is 5.58. The van der Waals surface area contributed by atoms with Crippen LogP contribution in [0, 0.1) is 0 Å². The van der Waals surface area contributed by atoms with Gasteiger partial charge in [0.15, 0.2) is 0 Å². The predicted octanol–water partition coefficient (Wildman–Crippen LogP) is 3.65. The minimum atomic E-state index is -3.63. The van der Waals surface area contributed by atoms with Crippen molar-refractivity contribution >= 4 is 38.9 Å². The number of nitrogens with zero attached hydrogens (tertiary/aromatic N) is 1. The molecule has 2 aromatic rings. The van der Waals surface area contributed by atoms with Crippen LogP contribution < -0.4 is 5.32 Å². The Labute approximate surface area is 163 Å². The number of halogens is 1. The van der Waals surface area contributed by atoms with E-state index in [1.807, 2.05) is 17.5 Å². The molecule has 1 N–H and O–H groups in total. The first-order valence-corrected chi connectivity index (χ1v) is 11.2. The van der Waals surface area contributed by atoms with Crippen LogP contribution in [0.5, 0.6) is 0 Å². The summed E-state index contributed by atoms with van der Waals surface area (Å²) in [7, 11) is -3.63. The van der Waals surface area contributed by atoms with E-state index in [9.17, 15) is 13.2 Å². The fraction of sp³-hybridized carbons (Fsp3) is 0.389. The van der Waals surface area contributed by atoms with E-state index in [4.69, 9.17) is 11.6 Å². The lowest BCUT2D eigenvalue weighted by Gasteiger charge is -2.34. The van der Waals surface area contributed by atoms with Crippen LogP contribution in [0.4, 0.5) is 0 Å². The molecule has 26 heavy (non-hydrogen) atoms. The van der Waals surface area contributed by atoms with Crippen LogP contribution >= 0.6 is 22.9 Å². The van der Waals surface area contributed by atoms with E-state index in [2.05, 4.69) is 5.32 Å². The Bertz CT molecular complexity index is 836. The predicted molar refractivity (Wildman–Crippen MR) is 104 cm³/mol. The van der Waals surface area contributed by atoms with Crippen molar-refractivity contribution in [2.45, 2.75) is 43.2 Å². The van der Waals surface area contributed by atoms with E-state index in [-0.39, 0.29) is 23.3 Å². The number of thiophene rings is 1. The van der Waals surface area contributed by atoms with Crippen molar-refractivity contribution in [1.82, 2.24) is 9.62 Å². The normalized spacial score (nSPS) is 18.6. The molecule has 0 radical (unpaired) electrons. The van der Waals surface area contributed by atoms with Gasteiger partial charge < -0.3 is 5.32 Å². The summed E-state index contributed by atoms with van der Waals surface area (Å²) in [6.45, 7) is 0.918. The summed E-state index contributed by atoms with van der Waals surface area (Å²) in [4.78, 5) is 13.6. The third-order valence-electron chi connectivity index (χ3n) is 4.45. The molecule has 3 rings (SSSR count). The zero-order valence-corrected chi connectivity index (χ0v) is 16.6. The zero-order valence-electron chi connectivity index (χ0n) is 14.2. The number of piperidine rings is 1. The van der Waals surface area contributed by atoms with E-state index in [0.717, 1.165) is 17.7 Å². The van der Waals surface area contributed by atoms with Gasteiger partial charge in [-0.05, 0) is 48.6 Å². The van der Waals surface area contributed by atoms with Crippen LogP contribution in [0.1, 0.15) is 30.6 Å². The Balaban J connectivity index is 1.68. The van der Waals surface area contributed by atoms with Gasteiger partial charge in [-0.2, -0.15) is 4.31 Å². The van der Waals surface area contributed by atoms with Crippen molar-refractivity contribution in [3.63, 3.8) is 0 Å². The molecule has 0 spiro atoms. The van der Waals surface area contributed by atoms with Crippen molar-refractivity contribution < 1.29 is 13.2 Å². The SMILES string of the molecule is O=C(CC1CCCCN1S(=O)(=O)c1ccc(Cl)cc1)NCc1cccs1. The largest absolute Gasteiger partial charge is 0.351 e. The number of hydrogen-bond donors (Lipinski definition) is 1. The summed E-state index contributed by atoms with van der Waals surface area (Å²) < 4.78 is 27.5. The summed E-state index contributed by atoms with van der Waals surface area (Å²) in [5.74, 6) is -0.124. The fourth-order valence-electron chi connectivity index (χ4n) is 3.12. The molecule has 1 atom stereocenters. The maximum absolute atomic E-state index is 13.0. The number of rotatable bonds is 6. The Kier molecular flexibility index (Phi) is 6.34. The molecule has 1 amide bonds. The molecule has 0 bridgehead atoms. The summed E-state index contributed by atoms with van der Waals surface area (Å²) in [6, 6.07) is 9.76. The van der Waals surface area contributed by atoms with E-state index >= 15 is 0 Å². The van der Waals surface area contributed by atoms with Gasteiger partial charge in [-0.3, -0.25) is 4.79 Å². The van der Waals surface area contributed by atoms with Crippen molar-refractivity contribution in [3.8, 4) is 0 Å². The lowest BCUT2D eigenvalue weighted by Crippen LogP contribution is -2.45. The van der Waals surface area contributed by atoms with Crippen LogP contribution in [-0.4, -0.2) is 31.2 Å². The quantitative estimate of drug-likeness (QED) is 0.787. The number of nitrogens with one attached hydrogen (secondary N) is 1. The molecular weight excluding hydrogens is 392 g/mol. The van der Waals surface area contributed by atoms with Gasteiger partial charge in [-0.25, -0.2) is 8.42 Å². The molecular formula is C18H21ClN2O3S2. The molecule has 1 fully saturated rings. The van der Waals surface area contributed by atoms with E-state index in [1.165, 1.54) is 16.4 Å². The highest BCUT2D eigenvalue weighted by Crippen LogP contribution is 2.27. The first-order valence-electron chi connectivity index (χ1n) is 8.53. The van der Waals surface area contributed by atoms with Crippen molar-refractivity contribution in [1.29, 1.82) is 0 Å². The van der Waals surface area contributed by atoms with Crippen molar-refractivity contribution in [3.05, 3.63) is 51.7 Å². The molecule has 8 heteroatoms. The molecule has 1 unspecified atom stereocenters. The Morgan fingerprint density at radius 2 is 2.00 bits per heavy atom. The molecule has 1 aliphatic rings. The summed E-state index contributed by atoms with van der Waals surface area (Å²) in [6.07, 6.45) is 2.60. The lowest BCUT2D eigenvalue weighted by molar-refractivity contribution is -0.122. The number of sulfonamides is 1. The zero-order chi connectivity index (χ0) is 18.6. The summed E-state index contributed by atoms with van der Waals surface area (Å²) >= 11 is 7.44. The minimum Gasteiger partial charge on any atom is -0.351 e. The highest BCUT2D eigenvalue weighted by molar-refractivity contribution is 7.89. The number of amides is 1. The van der Waals surface area contributed by atoms with Gasteiger partial charge in [0.1, 0.15) is 0 Å². The maximum atomic E-state index is 13.0. The second-order valence-corrected chi connectivity index (χ2v) is 9.64. The molecule has 140 valence electrons. The molecule has 1 aromatic carbocycles. The van der Waals surface area contributed by atoms with Gasteiger partial charge in [0.05, 0.1) is 11.4 Å². The van der Waals surface area contributed by atoms with Gasteiger partial charge in [-0.1, -0.05) is 24.1 Å². The second kappa shape index (κ2) is 8.52. The minimum absolute atomic E-state index is 0.124. The van der Waals surface area contributed by atoms with E-state index < -0.39 is 10.0 Å². The topological polar surface area (TPSA) is 66.5 Å². The third-order valence-corrected chi connectivity index (χ3v) is 7.55. The average Bonchev–Trinajstić information content (AvgIpc) is 3.14. The van der Waals surface area contributed by atoms with Gasteiger partial charge in [0, 0.05) is 28.9 Å². The smallest absolute Gasteiger partial charge is 0.243 e. The number of carbonyl (C=O) groups is 1. The highest BCUT2D eigenvalue weighted by Gasteiger charge is 2.34. The summed E-state index contributed by atoms with van der Waals surface area (Å²) in [5, 5.41) is 5.34. The van der Waals surface area contributed by atoms with Gasteiger partial charge in [0.2, 0.25) is 15.9 Å². The molecule has 1 aromatic heterocycles. The van der Waals surface area contributed by atoms with Gasteiger partial charge in [-0.15, -0.1) is 11.3 Å². The summed E-state index contributed by atoms with van der Waals surface area (Å²) in [5.41, 5.74) is 0. The maximum Gasteiger partial charge on any atom is 0.243 e. The van der Waals surface area contributed by atoms with Crippen LogP contribution in [0.15, 0.2) is 46.7 Å². The Morgan fingerprint density at radius 1 is 1.23 bits per heavy atom. The Hall–Kier alpha value is -1.41. The molecule has 0 aliphatic carbocycles. The molecule has 1 saturated heterocycles. The molecule has 1 aliphatic heterocycles. The van der Waals surface area contributed by atoms with E-state index in [1.54, 1.807) is 23.5 Å². The molecule has 5 nitrogen and oxygen atoms in total. The number of carbonyl (C=O) groups excluding carboxylic acids is 1. The van der Waals surface area contributed by atoms with Crippen LogP contribution in [0.25, 0.3) is 0 Å². The Morgan fingerprint density at radius 3 is 2.69 bits per heavy atom. The first kappa shape index (κ1) is 19.4. The highest BCUT2D eigenvalue weighted by atomic mass is 35.5. The van der Waals surface area contributed by atoms with Crippen LogP contribution in [-0.2, 0) is 21.4 Å². The van der Waals surface area contributed by atoms with Crippen LogP contribution in [0.2, 0.25) is 5.02 Å². The monoisotopic (exact) mass is 412 g/mol. The van der Waals surface area contributed by atoms with Crippen molar-refractivity contribution in [2.24, 2.45) is 0 Å². The average molecular weight is 413 g/mol. The lowest BCUT2D eigenvalue weighted by atomic mass is 10.0. The third kappa shape index (κ3) is 4.65. The number of benzene rings is 1. The molecule has 2 heterocycles. The van der Waals surface area contributed by atoms with E-state index in [0.29, 0.717) is 24.5 Å². The first-order chi connectivity index (χ1) is 12.5. The van der Waals surface area contributed by atoms with Gasteiger partial charge in [0.25, 0.3) is 0 Å².